The molecule has 0 aromatic rings. The van der Waals surface area contributed by atoms with Crippen molar-refractivity contribution in [2.24, 2.45) is 5.92 Å². The first-order valence-electron chi connectivity index (χ1n) is 5.10. The first-order chi connectivity index (χ1) is 6.03. The summed E-state index contributed by atoms with van der Waals surface area (Å²) in [5.74, 6) is 0.0578. The molecule has 1 amide bonds. The van der Waals surface area contributed by atoms with Gasteiger partial charge in [0, 0.05) is 11.5 Å². The summed E-state index contributed by atoms with van der Waals surface area (Å²) in [6.45, 7) is 11.4. The molecule has 3 nitrogen and oxygen atoms in total. The molecule has 15 heavy (non-hydrogen) atoms. The van der Waals surface area contributed by atoms with Gasteiger partial charge in [-0.15, -0.1) is 5.54 Å². The molecule has 0 aromatic carbocycles. The number of carbonyl (C=O) groups is 1. The van der Waals surface area contributed by atoms with Gasteiger partial charge in [-0.3, -0.25) is 4.79 Å². The summed E-state index contributed by atoms with van der Waals surface area (Å²) >= 11 is 0. The van der Waals surface area contributed by atoms with Gasteiger partial charge in [-0.2, -0.15) is 0 Å². The van der Waals surface area contributed by atoms with E-state index in [9.17, 15) is 4.79 Å². The summed E-state index contributed by atoms with van der Waals surface area (Å²) in [6.07, 6.45) is 0.651. The molecule has 84 valence electrons. The molecule has 0 saturated carbocycles. The van der Waals surface area contributed by atoms with Crippen molar-refractivity contribution >= 4 is 5.91 Å². The monoisotopic (exact) mass is 284 g/mol. The number of amides is 1. The van der Waals surface area contributed by atoms with Crippen molar-refractivity contribution in [2.75, 3.05) is 0 Å². The second kappa shape index (κ2) is 6.85. The molecule has 0 rings (SSSR count). The molecular weight excluding hydrogens is 262 g/mol. The minimum Gasteiger partial charge on any atom is -0.672 e. The van der Waals surface area contributed by atoms with Crippen LogP contribution in [0.2, 0.25) is 0 Å². The molecule has 0 saturated heterocycles. The normalized spacial score (nSPS) is 12.3. The zero-order valence-electron chi connectivity index (χ0n) is 11.2. The number of nitrogens with one attached hydrogen (secondary N) is 2. The van der Waals surface area contributed by atoms with Gasteiger partial charge >= 0.3 is 58.2 Å². The average molecular weight is 285 g/mol. The SMILES string of the molecule is CC(C)C(=O)NC(C)(C)CC(C)(C)[NH-].[Rb+]. The first kappa shape index (κ1) is 18.6. The minimum atomic E-state index is -0.506. The molecule has 0 radical (unpaired) electrons. The summed E-state index contributed by atoms with van der Waals surface area (Å²) in [6, 6.07) is 0. The van der Waals surface area contributed by atoms with Gasteiger partial charge in [0.15, 0.2) is 0 Å². The maximum absolute atomic E-state index is 11.5. The van der Waals surface area contributed by atoms with Crippen LogP contribution in [0.1, 0.15) is 48.0 Å². The molecule has 0 atom stereocenters. The Labute approximate surface area is 143 Å². The molecule has 0 aliphatic rings. The third kappa shape index (κ3) is 10.1. The van der Waals surface area contributed by atoms with Crippen LogP contribution in [0, 0.1) is 5.92 Å². The van der Waals surface area contributed by atoms with E-state index in [4.69, 9.17) is 5.73 Å². The quantitative estimate of drug-likeness (QED) is 0.761. The molecule has 0 aliphatic heterocycles. The fourth-order valence-corrected chi connectivity index (χ4v) is 1.63. The molecule has 4 heteroatoms. The van der Waals surface area contributed by atoms with Crippen molar-refractivity contribution in [1.82, 2.24) is 5.32 Å². The Kier molecular flexibility index (Phi) is 8.49. The van der Waals surface area contributed by atoms with Crippen molar-refractivity contribution < 1.29 is 63.0 Å². The Hall–Kier alpha value is 1.24. The van der Waals surface area contributed by atoms with E-state index in [0.717, 1.165) is 0 Å². The predicted octanol–water partition coefficient (Wildman–Crippen LogP) is -0.238. The van der Waals surface area contributed by atoms with Gasteiger partial charge in [0.05, 0.1) is 0 Å². The molecule has 0 aliphatic carbocycles. The number of rotatable bonds is 4. The summed E-state index contributed by atoms with van der Waals surface area (Å²) in [5, 5.41) is 2.95. The summed E-state index contributed by atoms with van der Waals surface area (Å²) in [7, 11) is 0. The Morgan fingerprint density at radius 3 is 1.93 bits per heavy atom. The van der Waals surface area contributed by atoms with Gasteiger partial charge < -0.3 is 11.1 Å². The molecule has 0 heterocycles. The fraction of sp³-hybridized carbons (Fsp3) is 0.909. The van der Waals surface area contributed by atoms with Crippen LogP contribution in [0.15, 0.2) is 0 Å². The van der Waals surface area contributed by atoms with E-state index in [1.165, 1.54) is 0 Å². The summed E-state index contributed by atoms with van der Waals surface area (Å²) in [5.41, 5.74) is 6.98. The van der Waals surface area contributed by atoms with E-state index in [1.807, 2.05) is 41.5 Å². The van der Waals surface area contributed by atoms with E-state index in [0.29, 0.717) is 6.42 Å². The van der Waals surface area contributed by atoms with Crippen molar-refractivity contribution in [2.45, 2.75) is 59.0 Å². The fourth-order valence-electron chi connectivity index (χ4n) is 1.63. The van der Waals surface area contributed by atoms with Crippen LogP contribution in [-0.2, 0) is 4.79 Å². The van der Waals surface area contributed by atoms with Gasteiger partial charge in [-0.1, -0.05) is 27.7 Å². The molecule has 0 unspecified atom stereocenters. The Morgan fingerprint density at radius 2 is 1.67 bits per heavy atom. The van der Waals surface area contributed by atoms with E-state index >= 15 is 0 Å². The average Bonchev–Trinajstić information content (AvgIpc) is 1.78. The zero-order chi connectivity index (χ0) is 11.6. The number of carbonyl (C=O) groups excluding carboxylic acids is 1. The number of hydrogen-bond acceptors (Lipinski definition) is 1. The van der Waals surface area contributed by atoms with E-state index in [2.05, 4.69) is 5.32 Å². The van der Waals surface area contributed by atoms with Gasteiger partial charge in [0.1, 0.15) is 0 Å². The van der Waals surface area contributed by atoms with Crippen molar-refractivity contribution in [3.05, 3.63) is 5.73 Å². The van der Waals surface area contributed by atoms with E-state index in [1.54, 1.807) is 0 Å². The largest absolute Gasteiger partial charge is 1.00 e. The van der Waals surface area contributed by atoms with E-state index < -0.39 is 5.54 Å². The third-order valence-corrected chi connectivity index (χ3v) is 1.87. The van der Waals surface area contributed by atoms with Crippen LogP contribution >= 0.6 is 0 Å². The van der Waals surface area contributed by atoms with Crippen molar-refractivity contribution in [3.8, 4) is 0 Å². The standard InChI is InChI=1S/C11H23N2O.Rb/c1-8(2)9(14)13-11(5,6)7-10(3,4)12;/h8,12H,7H2,1-6H3,(H,13,14);/q-1;+1. The second-order valence-corrected chi connectivity index (χ2v) is 5.59. The second-order valence-electron chi connectivity index (χ2n) is 5.59. The minimum absolute atomic E-state index is 0. The third-order valence-electron chi connectivity index (χ3n) is 1.87. The first-order valence-corrected chi connectivity index (χ1v) is 5.10. The van der Waals surface area contributed by atoms with Gasteiger partial charge in [0.25, 0.3) is 0 Å². The summed E-state index contributed by atoms with van der Waals surface area (Å²) in [4.78, 5) is 11.5. The smallest absolute Gasteiger partial charge is 0.672 e. The van der Waals surface area contributed by atoms with Crippen LogP contribution in [0.4, 0.5) is 0 Å². The molecule has 2 N–H and O–H groups in total. The van der Waals surface area contributed by atoms with Gasteiger partial charge in [-0.25, -0.2) is 0 Å². The van der Waals surface area contributed by atoms with Crippen LogP contribution in [0.25, 0.3) is 5.73 Å². The Morgan fingerprint density at radius 1 is 1.27 bits per heavy atom. The Bertz CT molecular complexity index is 207. The maximum atomic E-state index is 11.5. The predicted molar refractivity (Wildman–Crippen MR) is 60.1 cm³/mol. The zero-order valence-corrected chi connectivity index (χ0v) is 16.1. The molecule has 0 aromatic heterocycles. The molecular formula is C11H23N2ORb. The van der Waals surface area contributed by atoms with Crippen LogP contribution in [-0.4, -0.2) is 17.0 Å². The topological polar surface area (TPSA) is 52.9 Å². The summed E-state index contributed by atoms with van der Waals surface area (Å²) < 4.78 is 0. The maximum Gasteiger partial charge on any atom is 1.00 e. The number of hydrogen-bond donors (Lipinski definition) is 1. The Balaban J connectivity index is 0. The molecule has 0 bridgehead atoms. The van der Waals surface area contributed by atoms with Gasteiger partial charge in [-0.05, 0) is 20.3 Å². The van der Waals surface area contributed by atoms with Crippen LogP contribution < -0.4 is 63.5 Å². The van der Waals surface area contributed by atoms with Crippen molar-refractivity contribution in [3.63, 3.8) is 0 Å². The van der Waals surface area contributed by atoms with Crippen LogP contribution in [0.5, 0.6) is 0 Å². The molecule has 0 fully saturated rings. The van der Waals surface area contributed by atoms with Gasteiger partial charge in [0.2, 0.25) is 5.91 Å². The van der Waals surface area contributed by atoms with Crippen molar-refractivity contribution in [1.29, 1.82) is 0 Å². The van der Waals surface area contributed by atoms with Crippen LogP contribution in [0.3, 0.4) is 0 Å². The molecule has 0 spiro atoms. The van der Waals surface area contributed by atoms with E-state index in [-0.39, 0.29) is 75.6 Å².